The zero-order valence-electron chi connectivity index (χ0n) is 34.5. The van der Waals surface area contributed by atoms with Crippen LogP contribution in [0.4, 0.5) is 0 Å². The van der Waals surface area contributed by atoms with Crippen LogP contribution in [0.3, 0.4) is 0 Å². The van der Waals surface area contributed by atoms with Crippen molar-refractivity contribution in [2.75, 3.05) is 85.6 Å². The van der Waals surface area contributed by atoms with Crippen molar-refractivity contribution in [3.05, 3.63) is 0 Å². The molecule has 0 fully saturated rings. The molecule has 5 amide bonds. The van der Waals surface area contributed by atoms with E-state index in [1.165, 1.54) is 44.9 Å². The summed E-state index contributed by atoms with van der Waals surface area (Å²) in [4.78, 5) is 81.1. The van der Waals surface area contributed by atoms with E-state index < -0.39 is 18.0 Å². The van der Waals surface area contributed by atoms with Gasteiger partial charge in [-0.25, -0.2) is 4.79 Å². The lowest BCUT2D eigenvalue weighted by Gasteiger charge is -2.14. The summed E-state index contributed by atoms with van der Waals surface area (Å²) in [6.07, 6.45) is 15.5. The Morgan fingerprint density at radius 1 is 0.431 bits per heavy atom. The second-order valence-corrected chi connectivity index (χ2v) is 13.8. The number of nitrogens with two attached hydrogens (primary N) is 1. The molecule has 0 aliphatic heterocycles. The highest BCUT2D eigenvalue weighted by atomic mass is 16.5. The second kappa shape index (κ2) is 39.9. The highest BCUT2D eigenvalue weighted by Gasteiger charge is 2.20. The largest absolute Gasteiger partial charge is 0.481 e. The molecular weight excluding hydrogens is 760 g/mol. The number of carbonyl (C=O) groups is 7. The quantitative estimate of drug-likeness (QED) is 0.0401. The van der Waals surface area contributed by atoms with Crippen LogP contribution in [0.1, 0.15) is 116 Å². The van der Waals surface area contributed by atoms with Gasteiger partial charge in [0.05, 0.1) is 46.2 Å². The van der Waals surface area contributed by atoms with E-state index in [1.54, 1.807) is 0 Å². The molecule has 19 nitrogen and oxygen atoms in total. The predicted molar refractivity (Wildman–Crippen MR) is 215 cm³/mol. The zero-order chi connectivity index (χ0) is 42.9. The third-order valence-electron chi connectivity index (χ3n) is 8.64. The molecule has 336 valence electrons. The summed E-state index contributed by atoms with van der Waals surface area (Å²) in [5.41, 5.74) is 5.16. The van der Waals surface area contributed by atoms with Crippen molar-refractivity contribution < 1.29 is 62.7 Å². The van der Waals surface area contributed by atoms with E-state index in [9.17, 15) is 38.7 Å². The fraction of sp³-hybridized carbons (Fsp3) is 0.821. The third kappa shape index (κ3) is 38.9. The average molecular weight is 833 g/mol. The minimum atomic E-state index is -1.19. The molecule has 0 rings (SSSR count). The number of ether oxygens (including phenoxy) is 4. The van der Waals surface area contributed by atoms with Crippen LogP contribution >= 0.6 is 0 Å². The Hall–Kier alpha value is -3.91. The van der Waals surface area contributed by atoms with E-state index in [4.69, 9.17) is 29.8 Å². The molecule has 0 unspecified atom stereocenters. The molecule has 0 heterocycles. The maximum absolute atomic E-state index is 12.3. The van der Waals surface area contributed by atoms with E-state index in [-0.39, 0.29) is 141 Å². The van der Waals surface area contributed by atoms with E-state index >= 15 is 0 Å². The van der Waals surface area contributed by atoms with E-state index in [2.05, 4.69) is 26.6 Å². The molecule has 0 aromatic rings. The lowest BCUT2D eigenvalue weighted by Crippen LogP contribution is -2.41. The number of hydrogen-bond acceptors (Lipinski definition) is 12. The van der Waals surface area contributed by atoms with E-state index in [0.29, 0.717) is 6.42 Å². The first-order chi connectivity index (χ1) is 28.0. The van der Waals surface area contributed by atoms with Crippen molar-refractivity contribution in [1.29, 1.82) is 0 Å². The smallest absolute Gasteiger partial charge is 0.326 e. The Kier molecular flexibility index (Phi) is 37.2. The van der Waals surface area contributed by atoms with Crippen molar-refractivity contribution in [3.8, 4) is 0 Å². The van der Waals surface area contributed by atoms with E-state index in [0.717, 1.165) is 38.5 Å². The Morgan fingerprint density at radius 2 is 0.828 bits per heavy atom. The van der Waals surface area contributed by atoms with E-state index in [1.807, 2.05) is 0 Å². The highest BCUT2D eigenvalue weighted by molar-refractivity contribution is 5.84. The maximum Gasteiger partial charge on any atom is 0.326 e. The van der Waals surface area contributed by atoms with Crippen LogP contribution in [0.25, 0.3) is 0 Å². The van der Waals surface area contributed by atoms with Crippen molar-refractivity contribution in [2.24, 2.45) is 5.73 Å². The summed E-state index contributed by atoms with van der Waals surface area (Å²) in [6.45, 7) is 1.80. The van der Waals surface area contributed by atoms with Crippen molar-refractivity contribution in [1.82, 2.24) is 26.6 Å². The zero-order valence-corrected chi connectivity index (χ0v) is 34.5. The van der Waals surface area contributed by atoms with Crippen LogP contribution in [0, 0.1) is 0 Å². The standard InChI is InChI=1S/C39H72N6O13/c40-29-35(48)41-19-20-42-36(49)30-57-27-26-56-24-22-44-37(50)31-58-28-25-55-23-21-43-33(46)18-17-32(39(53)54)45-34(47)15-13-11-9-7-5-3-1-2-4-6-8-10-12-14-16-38(51)52/h32H,1-31,40H2,(H,41,48)(H,42,49)(H,43,46)(H,44,50)(H,45,47)(H,51,52)(H,53,54)/t32-/m0/s1. The summed E-state index contributed by atoms with van der Waals surface area (Å²) in [7, 11) is 0. The summed E-state index contributed by atoms with van der Waals surface area (Å²) in [5.74, 6) is -3.55. The summed E-state index contributed by atoms with van der Waals surface area (Å²) in [6, 6.07) is -1.14. The molecule has 1 atom stereocenters. The molecule has 58 heavy (non-hydrogen) atoms. The van der Waals surface area contributed by atoms with Crippen molar-refractivity contribution >= 4 is 41.5 Å². The van der Waals surface area contributed by atoms with Gasteiger partial charge in [-0.15, -0.1) is 0 Å². The molecular formula is C39H72N6O13. The number of amides is 5. The highest BCUT2D eigenvalue weighted by Crippen LogP contribution is 2.14. The SMILES string of the molecule is NCC(=O)NCCNC(=O)COCCOCCNC(=O)COCCOCCNC(=O)CC[C@H](NC(=O)CCCCCCCCCCCCCCCCC(=O)O)C(=O)O. The first-order valence-electron chi connectivity index (χ1n) is 20.9. The average Bonchev–Trinajstić information content (AvgIpc) is 3.19. The van der Waals surface area contributed by atoms with Gasteiger partial charge in [0, 0.05) is 45.4 Å². The first-order valence-corrected chi connectivity index (χ1v) is 20.9. The van der Waals surface area contributed by atoms with Crippen LogP contribution in [0.2, 0.25) is 0 Å². The monoisotopic (exact) mass is 833 g/mol. The number of rotatable bonds is 42. The molecule has 9 N–H and O–H groups in total. The number of nitrogens with one attached hydrogen (secondary N) is 5. The number of aliphatic carboxylic acids is 2. The van der Waals surface area contributed by atoms with Gasteiger partial charge in [-0.2, -0.15) is 0 Å². The van der Waals surface area contributed by atoms with Crippen LogP contribution in [0.15, 0.2) is 0 Å². The van der Waals surface area contributed by atoms with Crippen LogP contribution in [-0.4, -0.2) is 143 Å². The van der Waals surface area contributed by atoms with Gasteiger partial charge in [0.2, 0.25) is 29.5 Å². The van der Waals surface area contributed by atoms with Crippen molar-refractivity contribution in [3.63, 3.8) is 0 Å². The second-order valence-electron chi connectivity index (χ2n) is 13.8. The van der Waals surface area contributed by atoms with Gasteiger partial charge in [0.1, 0.15) is 19.3 Å². The summed E-state index contributed by atoms with van der Waals surface area (Å²) in [5, 5.41) is 31.1. The number of hydrogen-bond donors (Lipinski definition) is 8. The van der Waals surface area contributed by atoms with Crippen LogP contribution in [-0.2, 0) is 52.5 Å². The normalized spacial score (nSPS) is 11.4. The minimum absolute atomic E-state index is 0.0294. The van der Waals surface area contributed by atoms with Gasteiger partial charge < -0.3 is 61.5 Å². The molecule has 0 bridgehead atoms. The lowest BCUT2D eigenvalue weighted by molar-refractivity contribution is -0.142. The number of carboxylic acids is 2. The molecule has 0 aromatic carbocycles. The summed E-state index contributed by atoms with van der Waals surface area (Å²) >= 11 is 0. The molecule has 0 aliphatic rings. The molecule has 0 saturated carbocycles. The molecule has 0 aromatic heterocycles. The first kappa shape index (κ1) is 54.1. The molecule has 0 radical (unpaired) electrons. The number of carbonyl (C=O) groups excluding carboxylic acids is 5. The maximum atomic E-state index is 12.3. The molecule has 0 aliphatic carbocycles. The Labute approximate surface area is 343 Å². The van der Waals surface area contributed by atoms with Gasteiger partial charge in [0.15, 0.2) is 0 Å². The molecule has 0 saturated heterocycles. The number of carboxylic acid groups (broad SMARTS) is 2. The molecule has 19 heteroatoms. The fourth-order valence-electron chi connectivity index (χ4n) is 5.44. The van der Waals surface area contributed by atoms with Gasteiger partial charge in [-0.3, -0.25) is 28.8 Å². The van der Waals surface area contributed by atoms with Crippen molar-refractivity contribution in [2.45, 2.75) is 122 Å². The molecule has 0 spiro atoms. The van der Waals surface area contributed by atoms with Gasteiger partial charge >= 0.3 is 11.9 Å². The lowest BCUT2D eigenvalue weighted by atomic mass is 10.0. The van der Waals surface area contributed by atoms with Crippen LogP contribution in [0.5, 0.6) is 0 Å². The van der Waals surface area contributed by atoms with Gasteiger partial charge in [-0.1, -0.05) is 77.0 Å². The minimum Gasteiger partial charge on any atom is -0.481 e. The Morgan fingerprint density at radius 3 is 1.28 bits per heavy atom. The fourth-order valence-corrected chi connectivity index (χ4v) is 5.44. The Balaban J connectivity index is 3.65. The van der Waals surface area contributed by atoms with Crippen LogP contribution < -0.4 is 32.3 Å². The van der Waals surface area contributed by atoms with Gasteiger partial charge in [0.25, 0.3) is 0 Å². The third-order valence-corrected chi connectivity index (χ3v) is 8.64. The number of unbranched alkanes of at least 4 members (excludes halogenated alkanes) is 13. The summed E-state index contributed by atoms with van der Waals surface area (Å²) < 4.78 is 21.2. The van der Waals surface area contributed by atoms with Gasteiger partial charge in [-0.05, 0) is 19.3 Å². The predicted octanol–water partition coefficient (Wildman–Crippen LogP) is 1.15. The topological polar surface area (TPSA) is 283 Å². The Bertz CT molecular complexity index is 1130.